The van der Waals surface area contributed by atoms with Crippen LogP contribution in [0.4, 0.5) is 5.69 Å². The van der Waals surface area contributed by atoms with Crippen LogP contribution in [-0.4, -0.2) is 16.1 Å². The van der Waals surface area contributed by atoms with Crippen LogP contribution >= 0.6 is 0 Å². The Hall–Kier alpha value is -4.85. The Kier molecular flexibility index (Phi) is 7.42. The van der Waals surface area contributed by atoms with Crippen LogP contribution in [0.1, 0.15) is 55.7 Å². The lowest BCUT2D eigenvalue weighted by molar-refractivity contribution is -0.116. The molecule has 1 amide bonds. The fraction of sp³-hybridized carbons (Fsp3) is 0.219. The normalized spacial score (nSPS) is 11.5. The molecule has 8 nitrogen and oxygen atoms in total. The van der Waals surface area contributed by atoms with Crippen molar-refractivity contribution in [2.75, 3.05) is 5.32 Å². The van der Waals surface area contributed by atoms with Crippen molar-refractivity contribution in [3.05, 3.63) is 110 Å². The summed E-state index contributed by atoms with van der Waals surface area (Å²) in [7, 11) is 0. The number of hydrogen-bond acceptors (Lipinski definition) is 7. The van der Waals surface area contributed by atoms with Crippen molar-refractivity contribution < 1.29 is 23.8 Å². The fourth-order valence-corrected chi connectivity index (χ4v) is 4.94. The van der Waals surface area contributed by atoms with Gasteiger partial charge >= 0.3 is 11.3 Å². The van der Waals surface area contributed by atoms with E-state index in [4.69, 9.17) is 8.83 Å². The van der Waals surface area contributed by atoms with Gasteiger partial charge in [0, 0.05) is 12.1 Å². The Morgan fingerprint density at radius 2 is 1.27 bits per heavy atom. The molecule has 0 bridgehead atoms. The molecule has 3 aromatic carbocycles. The van der Waals surface area contributed by atoms with Crippen LogP contribution in [0.15, 0.2) is 91.2 Å². The lowest BCUT2D eigenvalue weighted by Gasteiger charge is -2.20. The Labute approximate surface area is 229 Å². The average Bonchev–Trinajstić information content (AvgIpc) is 2.92. The van der Waals surface area contributed by atoms with Gasteiger partial charge in [-0.2, -0.15) is 0 Å². The maximum Gasteiger partial charge on any atom is 0.344 e. The van der Waals surface area contributed by atoms with E-state index in [1.807, 2.05) is 0 Å². The molecule has 2 heterocycles. The molecule has 5 rings (SSSR count). The van der Waals surface area contributed by atoms with E-state index in [9.17, 15) is 24.6 Å². The van der Waals surface area contributed by atoms with Crippen LogP contribution < -0.4 is 16.6 Å². The summed E-state index contributed by atoms with van der Waals surface area (Å²) in [5.41, 5.74) is -0.888. The molecule has 5 aromatic rings. The number of aromatic hydroxyl groups is 2. The second kappa shape index (κ2) is 11.1. The maximum atomic E-state index is 13.3. The van der Waals surface area contributed by atoms with Gasteiger partial charge in [0.05, 0.1) is 27.8 Å². The number of nitrogens with one attached hydrogen (secondary N) is 1. The minimum absolute atomic E-state index is 0.120. The van der Waals surface area contributed by atoms with Gasteiger partial charge in [0.2, 0.25) is 5.91 Å². The number of para-hydroxylation sites is 2. The van der Waals surface area contributed by atoms with Crippen molar-refractivity contribution in [1.82, 2.24) is 0 Å². The molecule has 2 aromatic heterocycles. The van der Waals surface area contributed by atoms with E-state index < -0.39 is 17.2 Å². The van der Waals surface area contributed by atoms with E-state index in [-0.39, 0.29) is 50.5 Å². The summed E-state index contributed by atoms with van der Waals surface area (Å²) in [5.74, 6) is -1.59. The Morgan fingerprint density at radius 3 is 1.77 bits per heavy atom. The van der Waals surface area contributed by atoms with Crippen molar-refractivity contribution in [1.29, 1.82) is 0 Å². The van der Waals surface area contributed by atoms with Gasteiger partial charge in [-0.1, -0.05) is 56.7 Å². The first-order valence-electron chi connectivity index (χ1n) is 13.1. The van der Waals surface area contributed by atoms with Gasteiger partial charge < -0.3 is 24.4 Å². The van der Waals surface area contributed by atoms with Crippen molar-refractivity contribution >= 4 is 33.5 Å². The van der Waals surface area contributed by atoms with E-state index in [0.717, 1.165) is 12.8 Å². The predicted molar refractivity (Wildman–Crippen MR) is 153 cm³/mol. The van der Waals surface area contributed by atoms with Crippen molar-refractivity contribution in [3.8, 4) is 11.5 Å². The second-order valence-corrected chi connectivity index (χ2v) is 10.2. The minimum Gasteiger partial charge on any atom is -0.507 e. The molecule has 0 saturated carbocycles. The highest BCUT2D eigenvalue weighted by Crippen LogP contribution is 2.42. The summed E-state index contributed by atoms with van der Waals surface area (Å²) in [6, 6.07) is 19.5. The summed E-state index contributed by atoms with van der Waals surface area (Å²) in [5, 5.41) is 26.0. The summed E-state index contributed by atoms with van der Waals surface area (Å²) >= 11 is 0. The molecule has 0 aliphatic rings. The molecule has 0 aliphatic heterocycles. The standard InChI is InChI=1S/C32H29NO7/c1-18(2)8-7-13-25(34)33-20-16-14-19(15-17-20)26(27-29(35)21-9-3-5-11-23(21)39-31(27)37)28-30(36)22-10-4-6-12-24(22)40-32(28)38/h3-6,9-12,14-18,26,35-36H,7-8,13H2,1-2H3,(H,33,34). The maximum absolute atomic E-state index is 13.3. The van der Waals surface area contributed by atoms with E-state index in [0.29, 0.717) is 23.6 Å². The third kappa shape index (κ3) is 5.20. The third-order valence-electron chi connectivity index (χ3n) is 6.93. The highest BCUT2D eigenvalue weighted by atomic mass is 16.4. The Balaban J connectivity index is 1.64. The molecule has 0 unspecified atom stereocenters. The first kappa shape index (κ1) is 26.7. The molecule has 8 heteroatoms. The van der Waals surface area contributed by atoms with Gasteiger partial charge in [0.25, 0.3) is 0 Å². The van der Waals surface area contributed by atoms with E-state index in [1.54, 1.807) is 72.8 Å². The number of carbonyl (C=O) groups is 1. The SMILES string of the molecule is CC(C)CCCC(=O)Nc1ccc(C(c2c(O)c3ccccc3oc2=O)c2c(O)c3ccccc3oc2=O)cc1. The highest BCUT2D eigenvalue weighted by Gasteiger charge is 2.32. The van der Waals surface area contributed by atoms with Crippen molar-refractivity contribution in [2.45, 2.75) is 39.0 Å². The van der Waals surface area contributed by atoms with E-state index in [2.05, 4.69) is 19.2 Å². The fourth-order valence-electron chi connectivity index (χ4n) is 4.94. The predicted octanol–water partition coefficient (Wildman–Crippen LogP) is 6.26. The van der Waals surface area contributed by atoms with E-state index >= 15 is 0 Å². The monoisotopic (exact) mass is 539 g/mol. The van der Waals surface area contributed by atoms with E-state index in [1.165, 1.54) is 0 Å². The zero-order chi connectivity index (χ0) is 28.4. The van der Waals surface area contributed by atoms with Crippen LogP contribution in [-0.2, 0) is 4.79 Å². The zero-order valence-electron chi connectivity index (χ0n) is 22.1. The topological polar surface area (TPSA) is 130 Å². The highest BCUT2D eigenvalue weighted by molar-refractivity contribution is 5.91. The summed E-state index contributed by atoms with van der Waals surface area (Å²) in [6.07, 6.45) is 2.11. The van der Waals surface area contributed by atoms with Crippen LogP contribution in [0.25, 0.3) is 21.9 Å². The number of anilines is 1. The van der Waals surface area contributed by atoms with Crippen LogP contribution in [0.2, 0.25) is 0 Å². The molecule has 0 spiro atoms. The second-order valence-electron chi connectivity index (χ2n) is 10.2. The number of rotatable bonds is 8. The number of carbonyl (C=O) groups excluding carboxylic acids is 1. The molecule has 0 aliphatic carbocycles. The molecule has 0 fully saturated rings. The number of amides is 1. The molecule has 0 radical (unpaired) electrons. The number of fused-ring (bicyclic) bond motifs is 2. The molecule has 0 atom stereocenters. The van der Waals surface area contributed by atoms with Crippen molar-refractivity contribution in [3.63, 3.8) is 0 Å². The smallest absolute Gasteiger partial charge is 0.344 e. The van der Waals surface area contributed by atoms with Gasteiger partial charge in [0.15, 0.2) is 0 Å². The lowest BCUT2D eigenvalue weighted by Crippen LogP contribution is -2.21. The molecule has 3 N–H and O–H groups in total. The average molecular weight is 540 g/mol. The van der Waals surface area contributed by atoms with Gasteiger partial charge in [0.1, 0.15) is 22.7 Å². The van der Waals surface area contributed by atoms with Crippen molar-refractivity contribution in [2.24, 2.45) is 5.92 Å². The first-order valence-corrected chi connectivity index (χ1v) is 13.1. The minimum atomic E-state index is -1.24. The summed E-state index contributed by atoms with van der Waals surface area (Å²) in [6.45, 7) is 4.21. The van der Waals surface area contributed by atoms with Gasteiger partial charge in [-0.3, -0.25) is 4.79 Å². The quantitative estimate of drug-likeness (QED) is 0.199. The Morgan fingerprint density at radius 1 is 0.775 bits per heavy atom. The third-order valence-corrected chi connectivity index (χ3v) is 6.93. The zero-order valence-corrected chi connectivity index (χ0v) is 22.1. The first-order chi connectivity index (χ1) is 19.2. The summed E-state index contributed by atoms with van der Waals surface area (Å²) in [4.78, 5) is 39.0. The molecule has 204 valence electrons. The Bertz CT molecular complexity index is 1720. The van der Waals surface area contributed by atoms with Gasteiger partial charge in [-0.05, 0) is 54.3 Å². The van der Waals surface area contributed by atoms with Gasteiger partial charge in [-0.15, -0.1) is 0 Å². The van der Waals surface area contributed by atoms with Crippen LogP contribution in [0, 0.1) is 5.92 Å². The lowest BCUT2D eigenvalue weighted by atomic mass is 9.84. The number of benzene rings is 3. The van der Waals surface area contributed by atoms with Gasteiger partial charge in [-0.25, -0.2) is 9.59 Å². The molecule has 0 saturated heterocycles. The van der Waals surface area contributed by atoms with Crippen LogP contribution in [0.5, 0.6) is 11.5 Å². The molecular formula is C32H29NO7. The van der Waals surface area contributed by atoms with Crippen LogP contribution in [0.3, 0.4) is 0 Å². The summed E-state index contributed by atoms with van der Waals surface area (Å²) < 4.78 is 11.0. The molecular weight excluding hydrogens is 510 g/mol. The molecule has 40 heavy (non-hydrogen) atoms. The number of hydrogen-bond donors (Lipinski definition) is 3. The largest absolute Gasteiger partial charge is 0.507 e.